The second-order valence-corrected chi connectivity index (χ2v) is 7.88. The second-order valence-electron chi connectivity index (χ2n) is 5.54. The average Bonchev–Trinajstić information content (AvgIpc) is 3.06. The van der Waals surface area contributed by atoms with Crippen molar-refractivity contribution in [3.8, 4) is 21.1 Å². The molecule has 0 aliphatic rings. The summed E-state index contributed by atoms with van der Waals surface area (Å²) >= 11 is 0.0179. The molecule has 122 valence electrons. The topological polar surface area (TPSA) is 0 Å². The molecule has 1 aromatic heterocycles. The zero-order valence-electron chi connectivity index (χ0n) is 13.6. The van der Waals surface area contributed by atoms with Crippen LogP contribution in [-0.2, 0) is 6.42 Å². The summed E-state index contributed by atoms with van der Waals surface area (Å²) in [5.41, 5.74) is 2.57. The molecule has 0 bridgehead atoms. The molecule has 0 saturated heterocycles. The molecule has 3 rings (SSSR count). The normalized spacial score (nSPS) is 11.3. The molecule has 1 heterocycles. The summed E-state index contributed by atoms with van der Waals surface area (Å²) < 4.78 is 31.3. The van der Waals surface area contributed by atoms with E-state index < -0.39 is 11.6 Å². The van der Waals surface area contributed by atoms with E-state index in [0.29, 0.717) is 16.7 Å². The van der Waals surface area contributed by atoms with Crippen molar-refractivity contribution in [2.45, 2.75) is 20.3 Å². The Morgan fingerprint density at radius 1 is 0.875 bits per heavy atom. The summed E-state index contributed by atoms with van der Waals surface area (Å²) in [6.07, 6.45) is 4.90. The molecule has 0 amide bonds. The summed E-state index contributed by atoms with van der Waals surface area (Å²) in [4.78, 5) is 0. The van der Waals surface area contributed by atoms with E-state index in [-0.39, 0.29) is 14.5 Å². The zero-order valence-corrected chi connectivity index (χ0v) is 15.4. The minimum atomic E-state index is -0.770. The number of aryl methyl sites for hydroxylation is 1. The molecular weight excluding hydrogens is 369 g/mol. The molecule has 0 unspecified atom stereocenters. The van der Waals surface area contributed by atoms with Gasteiger partial charge in [-0.05, 0) is 0 Å². The van der Waals surface area contributed by atoms with Gasteiger partial charge in [-0.15, -0.1) is 0 Å². The quantitative estimate of drug-likeness (QED) is 0.485. The van der Waals surface area contributed by atoms with E-state index in [0.717, 1.165) is 10.9 Å². The minimum absolute atomic E-state index is 0.0179. The van der Waals surface area contributed by atoms with Gasteiger partial charge < -0.3 is 0 Å². The van der Waals surface area contributed by atoms with Crippen molar-refractivity contribution in [2.24, 2.45) is 0 Å². The van der Waals surface area contributed by atoms with E-state index in [1.54, 1.807) is 12.1 Å². The predicted molar refractivity (Wildman–Crippen MR) is 98.3 cm³/mol. The zero-order chi connectivity index (χ0) is 17.1. The standard InChI is InChI=1S/C21H18F2Se/c1-3-5-16-10-13-19(24-16)18-12-11-17(20(22)21(18)23)15-8-6-14(4-2)7-9-15/h3,5-13H,4H2,1-2H3. The molecule has 0 spiro atoms. The van der Waals surface area contributed by atoms with Crippen LogP contribution in [0.2, 0.25) is 0 Å². The first kappa shape index (κ1) is 16.9. The molecule has 0 fully saturated rings. The van der Waals surface area contributed by atoms with Crippen LogP contribution in [0.1, 0.15) is 23.8 Å². The fraction of sp³-hybridized carbons (Fsp3) is 0.143. The van der Waals surface area contributed by atoms with E-state index in [1.165, 1.54) is 10.0 Å². The molecule has 0 saturated carbocycles. The van der Waals surface area contributed by atoms with Crippen molar-refractivity contribution in [1.29, 1.82) is 0 Å². The fourth-order valence-electron chi connectivity index (χ4n) is 2.63. The third-order valence-corrected chi connectivity index (χ3v) is 6.25. The van der Waals surface area contributed by atoms with Crippen LogP contribution in [0.3, 0.4) is 0 Å². The van der Waals surface area contributed by atoms with Crippen LogP contribution in [0.4, 0.5) is 8.78 Å². The first-order valence-electron chi connectivity index (χ1n) is 7.94. The number of halogens is 2. The van der Waals surface area contributed by atoms with Crippen molar-refractivity contribution < 1.29 is 8.78 Å². The molecule has 0 aliphatic carbocycles. The van der Waals surface area contributed by atoms with Gasteiger partial charge in [0.15, 0.2) is 0 Å². The van der Waals surface area contributed by atoms with Gasteiger partial charge in [-0.2, -0.15) is 0 Å². The number of hydrogen-bond acceptors (Lipinski definition) is 0. The summed E-state index contributed by atoms with van der Waals surface area (Å²) in [5, 5.41) is 0. The fourth-order valence-corrected chi connectivity index (χ4v) is 4.73. The van der Waals surface area contributed by atoms with Gasteiger partial charge in [-0.1, -0.05) is 0 Å². The van der Waals surface area contributed by atoms with Crippen molar-refractivity contribution in [2.75, 3.05) is 0 Å². The monoisotopic (exact) mass is 388 g/mol. The molecule has 0 aliphatic heterocycles. The van der Waals surface area contributed by atoms with E-state index in [1.807, 2.05) is 55.5 Å². The molecule has 0 nitrogen and oxygen atoms in total. The van der Waals surface area contributed by atoms with E-state index in [4.69, 9.17) is 0 Å². The van der Waals surface area contributed by atoms with E-state index in [9.17, 15) is 8.78 Å². The van der Waals surface area contributed by atoms with Crippen LogP contribution in [0, 0.1) is 11.6 Å². The van der Waals surface area contributed by atoms with Crippen LogP contribution >= 0.6 is 0 Å². The first-order valence-corrected chi connectivity index (χ1v) is 9.65. The Balaban J connectivity index is 2.01. The molecular formula is C21H18F2Se. The third-order valence-electron chi connectivity index (χ3n) is 3.98. The summed E-state index contributed by atoms with van der Waals surface area (Å²) in [5.74, 6) is -1.52. The Morgan fingerprint density at radius 3 is 2.21 bits per heavy atom. The van der Waals surface area contributed by atoms with E-state index in [2.05, 4.69) is 6.92 Å². The van der Waals surface area contributed by atoms with Gasteiger partial charge in [0.05, 0.1) is 0 Å². The van der Waals surface area contributed by atoms with Gasteiger partial charge in [0.1, 0.15) is 0 Å². The Morgan fingerprint density at radius 2 is 1.54 bits per heavy atom. The predicted octanol–water partition coefficient (Wildman–Crippen LogP) is 5.95. The van der Waals surface area contributed by atoms with Gasteiger partial charge >= 0.3 is 147 Å². The van der Waals surface area contributed by atoms with Crippen LogP contribution in [0.15, 0.2) is 54.6 Å². The molecule has 24 heavy (non-hydrogen) atoms. The molecule has 0 N–H and O–H groups in total. The number of rotatable bonds is 4. The van der Waals surface area contributed by atoms with Gasteiger partial charge in [0.25, 0.3) is 0 Å². The maximum atomic E-state index is 14.6. The van der Waals surface area contributed by atoms with Crippen LogP contribution in [0.5, 0.6) is 0 Å². The van der Waals surface area contributed by atoms with Crippen LogP contribution < -0.4 is 0 Å². The Labute approximate surface area is 147 Å². The Hall–Kier alpha value is -1.96. The molecule has 0 radical (unpaired) electrons. The average molecular weight is 387 g/mol. The molecule has 2 aromatic carbocycles. The van der Waals surface area contributed by atoms with E-state index >= 15 is 0 Å². The van der Waals surface area contributed by atoms with Gasteiger partial charge in [-0.25, -0.2) is 0 Å². The van der Waals surface area contributed by atoms with Gasteiger partial charge in [0, 0.05) is 0 Å². The molecule has 3 heteroatoms. The van der Waals surface area contributed by atoms with Gasteiger partial charge in [0.2, 0.25) is 0 Å². The maximum absolute atomic E-state index is 14.6. The first-order chi connectivity index (χ1) is 11.6. The Kier molecular flexibility index (Phi) is 5.13. The van der Waals surface area contributed by atoms with Crippen LogP contribution in [0.25, 0.3) is 27.2 Å². The van der Waals surface area contributed by atoms with Crippen molar-refractivity contribution in [3.05, 3.63) is 76.2 Å². The van der Waals surface area contributed by atoms with Crippen molar-refractivity contribution in [1.82, 2.24) is 0 Å². The number of hydrogen-bond donors (Lipinski definition) is 0. The van der Waals surface area contributed by atoms with Gasteiger partial charge in [-0.3, -0.25) is 0 Å². The van der Waals surface area contributed by atoms with Crippen LogP contribution in [-0.4, -0.2) is 14.5 Å². The Bertz CT molecular complexity index is 873. The molecule has 0 atom stereocenters. The summed E-state index contributed by atoms with van der Waals surface area (Å²) in [6, 6.07) is 14.8. The van der Waals surface area contributed by atoms with Crippen molar-refractivity contribution >= 4 is 20.6 Å². The molecule has 3 aromatic rings. The second kappa shape index (κ2) is 7.29. The number of allylic oxidation sites excluding steroid dienone is 1. The number of benzene rings is 2. The third kappa shape index (κ3) is 3.28. The summed E-state index contributed by atoms with van der Waals surface area (Å²) in [6.45, 7) is 4.02. The summed E-state index contributed by atoms with van der Waals surface area (Å²) in [7, 11) is 0. The SMILES string of the molecule is CC=Cc1ccc(-c2ccc(-c3ccc(CC)cc3)c(F)c2F)[se]1. The van der Waals surface area contributed by atoms with Crippen molar-refractivity contribution in [3.63, 3.8) is 0 Å².